The van der Waals surface area contributed by atoms with Gasteiger partial charge >= 0.3 is 0 Å². The van der Waals surface area contributed by atoms with E-state index in [2.05, 4.69) is 10.5 Å². The first-order valence-electron chi connectivity index (χ1n) is 8.66. The number of nitrogens with zero attached hydrogens (tertiary/aromatic N) is 1. The molecule has 0 atom stereocenters. The number of nitrogens with one attached hydrogen (secondary N) is 1. The summed E-state index contributed by atoms with van der Waals surface area (Å²) >= 11 is 5.89. The largest absolute Gasteiger partial charge is 0.489 e. The van der Waals surface area contributed by atoms with Gasteiger partial charge in [0.25, 0.3) is 5.91 Å². The average Bonchev–Trinajstić information content (AvgIpc) is 2.72. The van der Waals surface area contributed by atoms with Gasteiger partial charge in [0.05, 0.1) is 6.21 Å². The molecule has 0 aliphatic carbocycles. The maximum absolute atomic E-state index is 11.8. The van der Waals surface area contributed by atoms with Crippen molar-refractivity contribution in [3.05, 3.63) is 95.0 Å². The highest BCUT2D eigenvalue weighted by Crippen LogP contribution is 2.18. The molecule has 1 N–H and O–H groups in total. The first-order chi connectivity index (χ1) is 13.7. The van der Waals surface area contributed by atoms with Crippen LogP contribution in [0.3, 0.4) is 0 Å². The molecule has 0 aliphatic rings. The lowest BCUT2D eigenvalue weighted by Gasteiger charge is -2.08. The average molecular weight is 395 g/mol. The smallest absolute Gasteiger partial charge is 0.277 e. The molecule has 0 saturated carbocycles. The molecule has 0 heterocycles. The summed E-state index contributed by atoms with van der Waals surface area (Å²) in [6, 6.07) is 24.2. The summed E-state index contributed by atoms with van der Waals surface area (Å²) in [6.45, 7) is 0.352. The SMILES string of the molecule is O=C(COc1ccc(OCc2ccccc2)cc1)N/N=C/c1cccc(Cl)c1. The molecule has 0 aliphatic heterocycles. The lowest BCUT2D eigenvalue weighted by atomic mass is 10.2. The number of carbonyl (C=O) groups excluding carboxylic acids is 1. The maximum atomic E-state index is 11.8. The second-order valence-electron chi connectivity index (χ2n) is 5.88. The normalized spacial score (nSPS) is 10.6. The Labute approximate surface area is 168 Å². The Morgan fingerprint density at radius 1 is 0.929 bits per heavy atom. The van der Waals surface area contributed by atoms with E-state index in [9.17, 15) is 4.79 Å². The monoisotopic (exact) mass is 394 g/mol. The zero-order valence-electron chi connectivity index (χ0n) is 15.0. The molecule has 3 aromatic carbocycles. The summed E-state index contributed by atoms with van der Waals surface area (Å²) in [5.41, 5.74) is 4.30. The van der Waals surface area contributed by atoms with Gasteiger partial charge in [-0.2, -0.15) is 5.10 Å². The minimum absolute atomic E-state index is 0.142. The van der Waals surface area contributed by atoms with Crippen molar-refractivity contribution in [2.75, 3.05) is 6.61 Å². The third-order valence-electron chi connectivity index (χ3n) is 3.69. The van der Waals surface area contributed by atoms with Gasteiger partial charge in [0.1, 0.15) is 18.1 Å². The first kappa shape index (κ1) is 19.5. The van der Waals surface area contributed by atoms with Gasteiger partial charge in [-0.3, -0.25) is 4.79 Å². The fourth-order valence-corrected chi connectivity index (χ4v) is 2.52. The van der Waals surface area contributed by atoms with E-state index < -0.39 is 0 Å². The van der Waals surface area contributed by atoms with Gasteiger partial charge in [0, 0.05) is 5.02 Å². The second kappa shape index (κ2) is 10.1. The van der Waals surface area contributed by atoms with Crippen molar-refractivity contribution >= 4 is 23.7 Å². The third kappa shape index (κ3) is 6.45. The van der Waals surface area contributed by atoms with Crippen LogP contribution < -0.4 is 14.9 Å². The lowest BCUT2D eigenvalue weighted by molar-refractivity contribution is -0.123. The Hall–Kier alpha value is -3.31. The van der Waals surface area contributed by atoms with E-state index >= 15 is 0 Å². The highest BCUT2D eigenvalue weighted by molar-refractivity contribution is 6.30. The van der Waals surface area contributed by atoms with Crippen molar-refractivity contribution in [2.45, 2.75) is 6.61 Å². The van der Waals surface area contributed by atoms with Crippen molar-refractivity contribution in [1.29, 1.82) is 0 Å². The number of halogens is 1. The molecular formula is C22H19ClN2O3. The summed E-state index contributed by atoms with van der Waals surface area (Å²) in [5, 5.41) is 4.49. The van der Waals surface area contributed by atoms with Crippen LogP contribution in [0, 0.1) is 0 Å². The lowest BCUT2D eigenvalue weighted by Crippen LogP contribution is -2.24. The van der Waals surface area contributed by atoms with E-state index in [4.69, 9.17) is 21.1 Å². The highest BCUT2D eigenvalue weighted by Gasteiger charge is 2.02. The zero-order chi connectivity index (χ0) is 19.6. The molecule has 142 valence electrons. The summed E-state index contributed by atoms with van der Waals surface area (Å²) in [6.07, 6.45) is 1.52. The van der Waals surface area contributed by atoms with Gasteiger partial charge < -0.3 is 9.47 Å². The zero-order valence-corrected chi connectivity index (χ0v) is 15.8. The second-order valence-corrected chi connectivity index (χ2v) is 6.32. The van der Waals surface area contributed by atoms with Gasteiger partial charge in [0.15, 0.2) is 6.61 Å². The Balaban J connectivity index is 1.41. The molecule has 1 amide bonds. The van der Waals surface area contributed by atoms with Crippen molar-refractivity contribution < 1.29 is 14.3 Å². The predicted octanol–water partition coefficient (Wildman–Crippen LogP) is 4.45. The molecule has 0 unspecified atom stereocenters. The van der Waals surface area contributed by atoms with Crippen LogP contribution in [-0.4, -0.2) is 18.7 Å². The van der Waals surface area contributed by atoms with Gasteiger partial charge in [-0.1, -0.05) is 54.1 Å². The predicted molar refractivity (Wildman–Crippen MR) is 110 cm³/mol. The van der Waals surface area contributed by atoms with Crippen LogP contribution in [0.5, 0.6) is 11.5 Å². The van der Waals surface area contributed by atoms with Crippen LogP contribution in [-0.2, 0) is 11.4 Å². The van der Waals surface area contributed by atoms with E-state index in [-0.39, 0.29) is 12.5 Å². The molecule has 0 aromatic heterocycles. The number of carbonyl (C=O) groups is 1. The van der Waals surface area contributed by atoms with Crippen LogP contribution in [0.4, 0.5) is 0 Å². The van der Waals surface area contributed by atoms with Gasteiger partial charge in [-0.25, -0.2) is 5.43 Å². The molecular weight excluding hydrogens is 376 g/mol. The van der Waals surface area contributed by atoms with E-state index in [1.165, 1.54) is 6.21 Å². The Morgan fingerprint density at radius 2 is 1.64 bits per heavy atom. The van der Waals surface area contributed by atoms with E-state index in [0.717, 1.165) is 16.9 Å². The van der Waals surface area contributed by atoms with Crippen LogP contribution in [0.25, 0.3) is 0 Å². The van der Waals surface area contributed by atoms with Crippen molar-refractivity contribution in [3.8, 4) is 11.5 Å². The molecule has 3 aromatic rings. The summed E-state index contributed by atoms with van der Waals surface area (Å²) < 4.78 is 11.2. The quantitative estimate of drug-likeness (QED) is 0.453. The van der Waals surface area contributed by atoms with E-state index in [0.29, 0.717) is 17.4 Å². The van der Waals surface area contributed by atoms with E-state index in [1.807, 2.05) is 42.5 Å². The van der Waals surface area contributed by atoms with Gasteiger partial charge in [-0.05, 0) is 47.5 Å². The van der Waals surface area contributed by atoms with Crippen molar-refractivity contribution in [2.24, 2.45) is 5.10 Å². The van der Waals surface area contributed by atoms with Crippen LogP contribution in [0.2, 0.25) is 5.02 Å². The molecule has 0 bridgehead atoms. The molecule has 0 saturated heterocycles. The molecule has 28 heavy (non-hydrogen) atoms. The highest BCUT2D eigenvalue weighted by atomic mass is 35.5. The maximum Gasteiger partial charge on any atom is 0.277 e. The number of rotatable bonds is 8. The number of benzene rings is 3. The number of hydrogen-bond donors (Lipinski definition) is 1. The van der Waals surface area contributed by atoms with Gasteiger partial charge in [0.2, 0.25) is 0 Å². The minimum Gasteiger partial charge on any atom is -0.489 e. The summed E-state index contributed by atoms with van der Waals surface area (Å²) in [5.74, 6) is 0.940. The molecule has 0 radical (unpaired) electrons. The third-order valence-corrected chi connectivity index (χ3v) is 3.93. The first-order valence-corrected chi connectivity index (χ1v) is 9.04. The molecule has 5 nitrogen and oxygen atoms in total. The molecule has 0 fully saturated rings. The topological polar surface area (TPSA) is 59.9 Å². The molecule has 0 spiro atoms. The summed E-state index contributed by atoms with van der Waals surface area (Å²) in [4.78, 5) is 11.8. The summed E-state index contributed by atoms with van der Waals surface area (Å²) in [7, 11) is 0. The van der Waals surface area contributed by atoms with E-state index in [1.54, 1.807) is 36.4 Å². The standard InChI is InChI=1S/C22H19ClN2O3/c23-19-8-4-7-18(13-19)14-24-25-22(26)16-28-21-11-9-20(10-12-21)27-15-17-5-2-1-3-6-17/h1-14H,15-16H2,(H,25,26)/b24-14+. The van der Waals surface area contributed by atoms with Crippen LogP contribution in [0.1, 0.15) is 11.1 Å². The van der Waals surface area contributed by atoms with Crippen LogP contribution in [0.15, 0.2) is 84.0 Å². The molecule has 6 heteroatoms. The van der Waals surface area contributed by atoms with Crippen molar-refractivity contribution in [3.63, 3.8) is 0 Å². The fourth-order valence-electron chi connectivity index (χ4n) is 2.32. The van der Waals surface area contributed by atoms with Gasteiger partial charge in [-0.15, -0.1) is 0 Å². The molecule has 3 rings (SSSR count). The van der Waals surface area contributed by atoms with Crippen LogP contribution >= 0.6 is 11.6 Å². The number of ether oxygens (including phenoxy) is 2. The number of hydrogen-bond acceptors (Lipinski definition) is 4. The number of amides is 1. The Morgan fingerprint density at radius 3 is 2.36 bits per heavy atom. The Bertz CT molecular complexity index is 928. The Kier molecular flexibility index (Phi) is 7.04. The fraction of sp³-hybridized carbons (Fsp3) is 0.0909. The van der Waals surface area contributed by atoms with Crippen molar-refractivity contribution in [1.82, 2.24) is 5.43 Å². The minimum atomic E-state index is -0.359. The number of hydrazone groups is 1.